The highest BCUT2D eigenvalue weighted by atomic mass is 16.5. The van der Waals surface area contributed by atoms with Crippen LogP contribution < -0.4 is 0 Å². The Balaban J connectivity index is 2.00. The van der Waals surface area contributed by atoms with Gasteiger partial charge in [0.1, 0.15) is 0 Å². The molecule has 138 valence electrons. The van der Waals surface area contributed by atoms with Gasteiger partial charge in [0.25, 0.3) is 5.91 Å². The van der Waals surface area contributed by atoms with Crippen LogP contribution >= 0.6 is 0 Å². The third-order valence-corrected chi connectivity index (χ3v) is 4.86. The molecule has 1 N–H and O–H groups in total. The Hall–Kier alpha value is -2.67. The predicted octanol–water partition coefficient (Wildman–Crippen LogP) is 2.26. The van der Waals surface area contributed by atoms with Gasteiger partial charge in [0.15, 0.2) is 0 Å². The minimum atomic E-state index is -1.04. The molecule has 26 heavy (non-hydrogen) atoms. The number of ether oxygens (including phenoxy) is 1. The molecule has 1 aliphatic heterocycles. The molecule has 1 amide bonds. The number of amides is 1. The summed E-state index contributed by atoms with van der Waals surface area (Å²) in [5, 5.41) is 13.7. The summed E-state index contributed by atoms with van der Waals surface area (Å²) in [5.74, 6) is -1.23. The fourth-order valence-corrected chi connectivity index (χ4v) is 3.55. The summed E-state index contributed by atoms with van der Waals surface area (Å²) in [6.45, 7) is 6.99. The Labute approximate surface area is 152 Å². The van der Waals surface area contributed by atoms with Gasteiger partial charge in [-0.15, -0.1) is 0 Å². The van der Waals surface area contributed by atoms with Crippen molar-refractivity contribution >= 4 is 11.9 Å². The van der Waals surface area contributed by atoms with Gasteiger partial charge in [0, 0.05) is 30.4 Å². The lowest BCUT2D eigenvalue weighted by atomic mass is 10.00. The van der Waals surface area contributed by atoms with Crippen molar-refractivity contribution in [3.63, 3.8) is 0 Å². The van der Waals surface area contributed by atoms with Crippen molar-refractivity contribution in [1.29, 1.82) is 0 Å². The maximum absolute atomic E-state index is 13.2. The van der Waals surface area contributed by atoms with Crippen molar-refractivity contribution < 1.29 is 19.4 Å². The largest absolute Gasteiger partial charge is 0.478 e. The van der Waals surface area contributed by atoms with Crippen LogP contribution in [0.5, 0.6) is 0 Å². The molecule has 7 heteroatoms. The fourth-order valence-electron chi connectivity index (χ4n) is 3.55. The van der Waals surface area contributed by atoms with Gasteiger partial charge >= 0.3 is 5.97 Å². The average Bonchev–Trinajstić information content (AvgIpc) is 2.85. The van der Waals surface area contributed by atoms with E-state index in [1.54, 1.807) is 28.6 Å². The molecule has 1 aliphatic rings. The maximum Gasteiger partial charge on any atom is 0.335 e. The summed E-state index contributed by atoms with van der Waals surface area (Å²) in [6.07, 6.45) is 0. The number of carboxylic acids is 1. The average molecular weight is 357 g/mol. The molecule has 2 heterocycles. The van der Waals surface area contributed by atoms with Crippen molar-refractivity contribution in [2.24, 2.45) is 7.05 Å². The van der Waals surface area contributed by atoms with E-state index in [1.807, 2.05) is 20.9 Å². The van der Waals surface area contributed by atoms with Crippen molar-refractivity contribution in [3.05, 3.63) is 51.8 Å². The smallest absolute Gasteiger partial charge is 0.335 e. The van der Waals surface area contributed by atoms with Crippen LogP contribution in [0.1, 0.15) is 49.3 Å². The Morgan fingerprint density at radius 2 is 1.88 bits per heavy atom. The SMILES string of the molecule is Cc1cc(C(=O)O)cc(C(=O)N2CCOCC2c2c(C)nn(C)c2C)c1. The number of nitrogens with zero attached hydrogens (tertiary/aromatic N) is 3. The van der Waals surface area contributed by atoms with Crippen LogP contribution in [0.15, 0.2) is 18.2 Å². The summed E-state index contributed by atoms with van der Waals surface area (Å²) >= 11 is 0. The highest BCUT2D eigenvalue weighted by molar-refractivity contribution is 5.98. The topological polar surface area (TPSA) is 84.7 Å². The van der Waals surface area contributed by atoms with Gasteiger partial charge in [0.05, 0.1) is 30.5 Å². The number of carbonyl (C=O) groups excluding carboxylic acids is 1. The molecule has 0 aliphatic carbocycles. The summed E-state index contributed by atoms with van der Waals surface area (Å²) in [6, 6.07) is 4.49. The zero-order valence-corrected chi connectivity index (χ0v) is 15.4. The van der Waals surface area contributed by atoms with Crippen LogP contribution in [0.4, 0.5) is 0 Å². The van der Waals surface area contributed by atoms with Gasteiger partial charge in [0.2, 0.25) is 0 Å². The number of hydrogen-bond donors (Lipinski definition) is 1. The molecule has 1 fully saturated rings. The van der Waals surface area contributed by atoms with Crippen LogP contribution in [0.25, 0.3) is 0 Å². The van der Waals surface area contributed by atoms with Crippen LogP contribution in [0, 0.1) is 20.8 Å². The Kier molecular flexibility index (Phi) is 4.82. The van der Waals surface area contributed by atoms with Gasteiger partial charge in [-0.3, -0.25) is 9.48 Å². The number of morpholine rings is 1. The summed E-state index contributed by atoms with van der Waals surface area (Å²) in [5.41, 5.74) is 4.10. The summed E-state index contributed by atoms with van der Waals surface area (Å²) in [4.78, 5) is 26.3. The van der Waals surface area contributed by atoms with Gasteiger partial charge in [-0.2, -0.15) is 5.10 Å². The van der Waals surface area contributed by atoms with Crippen LogP contribution in [-0.4, -0.2) is 51.4 Å². The molecule has 1 atom stereocenters. The molecule has 1 aromatic carbocycles. The molecule has 1 saturated heterocycles. The summed E-state index contributed by atoms with van der Waals surface area (Å²) < 4.78 is 7.44. The second-order valence-electron chi connectivity index (χ2n) is 6.69. The van der Waals surface area contributed by atoms with Gasteiger partial charge in [-0.05, 0) is 44.5 Å². The molecule has 2 aromatic rings. The van der Waals surface area contributed by atoms with E-state index in [2.05, 4.69) is 5.10 Å². The van der Waals surface area contributed by atoms with Crippen molar-refractivity contribution in [2.45, 2.75) is 26.8 Å². The molecule has 0 bridgehead atoms. The van der Waals surface area contributed by atoms with E-state index in [1.165, 1.54) is 6.07 Å². The third kappa shape index (κ3) is 3.22. The molecular formula is C19H23N3O4. The number of carbonyl (C=O) groups is 2. The maximum atomic E-state index is 13.2. The molecule has 0 saturated carbocycles. The van der Waals surface area contributed by atoms with Crippen LogP contribution in [-0.2, 0) is 11.8 Å². The van der Waals surface area contributed by atoms with Crippen LogP contribution in [0.2, 0.25) is 0 Å². The first kappa shape index (κ1) is 18.1. The number of aromatic carboxylic acids is 1. The van der Waals surface area contributed by atoms with Crippen molar-refractivity contribution in [3.8, 4) is 0 Å². The van der Waals surface area contributed by atoms with Gasteiger partial charge < -0.3 is 14.7 Å². The Bertz CT molecular complexity index is 872. The normalized spacial score (nSPS) is 17.4. The molecule has 3 rings (SSSR count). The van der Waals surface area contributed by atoms with E-state index < -0.39 is 5.97 Å². The van der Waals surface area contributed by atoms with Gasteiger partial charge in [-0.1, -0.05) is 0 Å². The van der Waals surface area contributed by atoms with E-state index >= 15 is 0 Å². The Morgan fingerprint density at radius 3 is 2.50 bits per heavy atom. The van der Waals surface area contributed by atoms with E-state index in [9.17, 15) is 14.7 Å². The Morgan fingerprint density at radius 1 is 1.19 bits per heavy atom. The molecule has 1 unspecified atom stereocenters. The first-order valence-corrected chi connectivity index (χ1v) is 8.53. The third-order valence-electron chi connectivity index (χ3n) is 4.86. The lowest BCUT2D eigenvalue weighted by Crippen LogP contribution is -2.43. The number of carboxylic acid groups (broad SMARTS) is 1. The van der Waals surface area contributed by atoms with E-state index in [-0.39, 0.29) is 17.5 Å². The van der Waals surface area contributed by atoms with Crippen molar-refractivity contribution in [2.75, 3.05) is 19.8 Å². The highest BCUT2D eigenvalue weighted by Gasteiger charge is 2.33. The first-order valence-electron chi connectivity index (χ1n) is 8.53. The molecule has 7 nitrogen and oxygen atoms in total. The molecule has 0 spiro atoms. The lowest BCUT2D eigenvalue weighted by Gasteiger charge is -2.36. The minimum Gasteiger partial charge on any atom is -0.478 e. The van der Waals surface area contributed by atoms with Crippen LogP contribution in [0.3, 0.4) is 0 Å². The number of aromatic nitrogens is 2. The second-order valence-corrected chi connectivity index (χ2v) is 6.69. The quantitative estimate of drug-likeness (QED) is 0.911. The highest BCUT2D eigenvalue weighted by Crippen LogP contribution is 2.30. The molecule has 1 aromatic heterocycles. The molecular weight excluding hydrogens is 334 g/mol. The lowest BCUT2D eigenvalue weighted by molar-refractivity contribution is -0.00305. The molecule has 0 radical (unpaired) electrons. The zero-order chi connectivity index (χ0) is 19.0. The number of benzene rings is 1. The first-order chi connectivity index (χ1) is 12.3. The monoisotopic (exact) mass is 357 g/mol. The van der Waals surface area contributed by atoms with E-state index in [4.69, 9.17) is 4.74 Å². The van der Waals surface area contributed by atoms with Crippen molar-refractivity contribution in [1.82, 2.24) is 14.7 Å². The number of hydrogen-bond acceptors (Lipinski definition) is 4. The fraction of sp³-hybridized carbons (Fsp3) is 0.421. The standard InChI is InChI=1S/C19H23N3O4/c1-11-7-14(9-15(8-11)19(24)25)18(23)22-5-6-26-10-16(22)17-12(2)20-21(4)13(17)3/h7-9,16H,5-6,10H2,1-4H3,(H,24,25). The number of aryl methyl sites for hydroxylation is 3. The van der Waals surface area contributed by atoms with Gasteiger partial charge in [-0.25, -0.2) is 4.79 Å². The van der Waals surface area contributed by atoms with E-state index in [0.29, 0.717) is 25.3 Å². The van der Waals surface area contributed by atoms with E-state index in [0.717, 1.165) is 22.5 Å². The summed E-state index contributed by atoms with van der Waals surface area (Å²) in [7, 11) is 1.88. The predicted molar refractivity (Wildman–Crippen MR) is 95.4 cm³/mol. The zero-order valence-electron chi connectivity index (χ0n) is 15.4. The second kappa shape index (κ2) is 6.92. The minimum absolute atomic E-state index is 0.117. The number of rotatable bonds is 3.